The number of carbonyl (C=O) groups is 2. The molecule has 1 aliphatic heterocycles. The van der Waals surface area contributed by atoms with E-state index in [1.807, 2.05) is 0 Å². The number of hydrogen-bond acceptors (Lipinski definition) is 6. The molecule has 6 nitrogen and oxygen atoms in total. The van der Waals surface area contributed by atoms with Gasteiger partial charge in [-0.3, -0.25) is 9.59 Å². The fraction of sp³-hybridized carbons (Fsp3) is 0.263. The Morgan fingerprint density at radius 2 is 1.29 bits per heavy atom. The summed E-state index contributed by atoms with van der Waals surface area (Å²) in [5.74, 6) is -1.52. The molecular formula is C19H14F6N2O4. The van der Waals surface area contributed by atoms with Crippen molar-refractivity contribution in [2.75, 3.05) is 10.6 Å². The molecule has 0 bridgehead atoms. The summed E-state index contributed by atoms with van der Waals surface area (Å²) in [6, 6.07) is 7.26. The number of ether oxygens (including phenoxy) is 2. The third kappa shape index (κ3) is 6.03. The van der Waals surface area contributed by atoms with Gasteiger partial charge in [0.2, 0.25) is 0 Å². The summed E-state index contributed by atoms with van der Waals surface area (Å²) in [6.07, 6.45) is -11.6. The highest BCUT2D eigenvalue weighted by atomic mass is 19.4. The molecule has 166 valence electrons. The second kappa shape index (κ2) is 8.36. The fourth-order valence-electron chi connectivity index (χ4n) is 2.67. The van der Waals surface area contributed by atoms with E-state index in [2.05, 4.69) is 10.6 Å². The van der Waals surface area contributed by atoms with Crippen molar-refractivity contribution < 1.29 is 45.4 Å². The Morgan fingerprint density at radius 3 is 1.77 bits per heavy atom. The molecule has 0 aromatic heterocycles. The monoisotopic (exact) mass is 448 g/mol. The van der Waals surface area contributed by atoms with E-state index in [1.54, 1.807) is 0 Å². The van der Waals surface area contributed by atoms with Crippen molar-refractivity contribution in [3.63, 3.8) is 0 Å². The van der Waals surface area contributed by atoms with Gasteiger partial charge in [-0.15, -0.1) is 0 Å². The van der Waals surface area contributed by atoms with Crippen molar-refractivity contribution >= 4 is 23.3 Å². The Bertz CT molecular complexity index is 925. The van der Waals surface area contributed by atoms with Gasteiger partial charge >= 0.3 is 30.7 Å². The number of esters is 2. The number of rotatable bonds is 5. The molecule has 1 fully saturated rings. The van der Waals surface area contributed by atoms with Gasteiger partial charge < -0.3 is 20.1 Å². The SMILES string of the molecule is O=C1CC(=O)OC(Nc2ccc(NCc3cc(C(F)(F)F)cc(C(F)(F)F)c3)cc2)O1. The van der Waals surface area contributed by atoms with Gasteiger partial charge in [0.05, 0.1) is 11.1 Å². The molecule has 3 rings (SSSR count). The first-order valence-corrected chi connectivity index (χ1v) is 8.68. The number of nitrogens with one attached hydrogen (secondary N) is 2. The van der Waals surface area contributed by atoms with Gasteiger partial charge in [0, 0.05) is 17.9 Å². The second-order valence-electron chi connectivity index (χ2n) is 6.48. The summed E-state index contributed by atoms with van der Waals surface area (Å²) in [5.41, 5.74) is -2.21. The van der Waals surface area contributed by atoms with Crippen LogP contribution in [0.15, 0.2) is 42.5 Å². The standard InChI is InChI=1S/C19H14F6N2O4/c20-18(21,22)11-5-10(6-12(7-11)19(23,24)25)9-26-13-1-3-14(4-2-13)27-17-30-15(28)8-16(29)31-17/h1-7,17,26-27H,8-9H2. The summed E-state index contributed by atoms with van der Waals surface area (Å²) < 4.78 is 87.1. The third-order valence-corrected chi connectivity index (χ3v) is 4.08. The van der Waals surface area contributed by atoms with Gasteiger partial charge in [0.1, 0.15) is 6.42 Å². The van der Waals surface area contributed by atoms with Crippen LogP contribution in [0.25, 0.3) is 0 Å². The van der Waals surface area contributed by atoms with Crippen LogP contribution >= 0.6 is 0 Å². The van der Waals surface area contributed by atoms with Crippen molar-refractivity contribution in [1.29, 1.82) is 0 Å². The minimum atomic E-state index is -4.92. The fourth-order valence-corrected chi connectivity index (χ4v) is 2.67. The minimum Gasteiger partial charge on any atom is -0.406 e. The molecule has 0 atom stereocenters. The molecule has 2 aromatic rings. The van der Waals surface area contributed by atoms with E-state index in [1.165, 1.54) is 24.3 Å². The Balaban J connectivity index is 1.67. The van der Waals surface area contributed by atoms with Gasteiger partial charge in [-0.1, -0.05) is 0 Å². The largest absolute Gasteiger partial charge is 0.416 e. The summed E-state index contributed by atoms with van der Waals surface area (Å²) in [5, 5.41) is 5.36. The number of benzene rings is 2. The highest BCUT2D eigenvalue weighted by Crippen LogP contribution is 2.36. The Labute approximate surface area is 171 Å². The van der Waals surface area contributed by atoms with Crippen molar-refractivity contribution in [2.45, 2.75) is 31.7 Å². The molecule has 12 heteroatoms. The minimum absolute atomic E-state index is 0.0643. The van der Waals surface area contributed by atoms with Gasteiger partial charge in [0.15, 0.2) is 0 Å². The van der Waals surface area contributed by atoms with Gasteiger partial charge in [-0.05, 0) is 48.0 Å². The third-order valence-electron chi connectivity index (χ3n) is 4.08. The molecule has 2 N–H and O–H groups in total. The Morgan fingerprint density at radius 1 is 0.806 bits per heavy atom. The van der Waals surface area contributed by atoms with Crippen LogP contribution in [0.1, 0.15) is 23.1 Å². The molecule has 0 unspecified atom stereocenters. The average molecular weight is 448 g/mol. The first kappa shape index (κ1) is 22.2. The number of carbonyl (C=O) groups excluding carboxylic acids is 2. The van der Waals surface area contributed by atoms with Crippen molar-refractivity contribution in [3.8, 4) is 0 Å². The smallest absolute Gasteiger partial charge is 0.406 e. The first-order valence-electron chi connectivity index (χ1n) is 8.68. The lowest BCUT2D eigenvalue weighted by atomic mass is 10.0. The zero-order valence-electron chi connectivity index (χ0n) is 15.4. The number of alkyl halides is 6. The maximum absolute atomic E-state index is 12.9. The topological polar surface area (TPSA) is 76.7 Å². The predicted octanol–water partition coefficient (Wildman–Crippen LogP) is 4.52. The van der Waals surface area contributed by atoms with Crippen LogP contribution in [0.4, 0.5) is 37.7 Å². The Kier molecular flexibility index (Phi) is 6.00. The zero-order chi connectivity index (χ0) is 22.8. The van der Waals surface area contributed by atoms with E-state index in [4.69, 9.17) is 9.47 Å². The molecule has 1 aliphatic rings. The van der Waals surface area contributed by atoms with Gasteiger partial charge in [-0.2, -0.15) is 26.3 Å². The lowest BCUT2D eigenvalue weighted by Crippen LogP contribution is -2.37. The molecule has 0 spiro atoms. The van der Waals surface area contributed by atoms with E-state index in [0.29, 0.717) is 23.5 Å². The van der Waals surface area contributed by atoms with Crippen molar-refractivity contribution in [2.24, 2.45) is 0 Å². The molecule has 0 saturated carbocycles. The molecule has 31 heavy (non-hydrogen) atoms. The van der Waals surface area contributed by atoms with Gasteiger partial charge in [-0.25, -0.2) is 0 Å². The molecule has 1 heterocycles. The molecular weight excluding hydrogens is 434 g/mol. The zero-order valence-corrected chi connectivity index (χ0v) is 15.4. The lowest BCUT2D eigenvalue weighted by molar-refractivity contribution is -0.197. The molecule has 0 aliphatic carbocycles. The summed E-state index contributed by atoms with van der Waals surface area (Å²) in [6.45, 7) is -0.294. The van der Waals surface area contributed by atoms with Crippen LogP contribution in [-0.4, -0.2) is 18.4 Å². The number of cyclic esters (lactones) is 2. The number of anilines is 2. The van der Waals surface area contributed by atoms with Crippen LogP contribution in [0.5, 0.6) is 0 Å². The van der Waals surface area contributed by atoms with Crippen LogP contribution < -0.4 is 10.6 Å². The van der Waals surface area contributed by atoms with Crippen molar-refractivity contribution in [1.82, 2.24) is 0 Å². The van der Waals surface area contributed by atoms with Crippen LogP contribution in [0, 0.1) is 0 Å². The first-order chi connectivity index (χ1) is 14.4. The molecule has 0 radical (unpaired) electrons. The van der Waals surface area contributed by atoms with Crippen molar-refractivity contribution in [3.05, 3.63) is 59.2 Å². The molecule has 2 aromatic carbocycles. The highest BCUT2D eigenvalue weighted by Gasteiger charge is 2.36. The van der Waals surface area contributed by atoms with E-state index in [0.717, 1.165) is 0 Å². The van der Waals surface area contributed by atoms with Crippen LogP contribution in [0.2, 0.25) is 0 Å². The highest BCUT2D eigenvalue weighted by molar-refractivity contribution is 5.92. The predicted molar refractivity (Wildman–Crippen MR) is 94.4 cm³/mol. The van der Waals surface area contributed by atoms with Gasteiger partial charge in [0.25, 0.3) is 0 Å². The normalized spacial score (nSPS) is 15.3. The summed E-state index contributed by atoms with van der Waals surface area (Å²) in [4.78, 5) is 22.4. The van der Waals surface area contributed by atoms with E-state index < -0.39 is 48.3 Å². The van der Waals surface area contributed by atoms with Crippen LogP contribution in [0.3, 0.4) is 0 Å². The van der Waals surface area contributed by atoms with E-state index in [-0.39, 0.29) is 18.2 Å². The maximum atomic E-state index is 12.9. The number of hydrogen-bond donors (Lipinski definition) is 2. The average Bonchev–Trinajstić information content (AvgIpc) is 2.65. The molecule has 0 amide bonds. The van der Waals surface area contributed by atoms with E-state index >= 15 is 0 Å². The Hall–Kier alpha value is -3.44. The molecule has 1 saturated heterocycles. The number of halogens is 6. The maximum Gasteiger partial charge on any atom is 0.416 e. The quantitative estimate of drug-likeness (QED) is 0.398. The summed E-state index contributed by atoms with van der Waals surface area (Å²) in [7, 11) is 0. The van der Waals surface area contributed by atoms with E-state index in [9.17, 15) is 35.9 Å². The summed E-state index contributed by atoms with van der Waals surface area (Å²) >= 11 is 0. The lowest BCUT2D eigenvalue weighted by Gasteiger charge is -2.23. The second-order valence-corrected chi connectivity index (χ2v) is 6.48. The van der Waals surface area contributed by atoms with Crippen LogP contribution in [-0.2, 0) is 38.0 Å².